The van der Waals surface area contributed by atoms with Gasteiger partial charge in [0.2, 0.25) is 0 Å². The Bertz CT molecular complexity index is 951. The number of carbonyl (C=O) groups excluding carboxylic acids is 1. The van der Waals surface area contributed by atoms with E-state index in [-0.39, 0.29) is 11.3 Å². The highest BCUT2D eigenvalue weighted by molar-refractivity contribution is 5.99. The zero-order valence-corrected chi connectivity index (χ0v) is 16.5. The van der Waals surface area contributed by atoms with Crippen LogP contribution in [0.5, 0.6) is 11.5 Å². The van der Waals surface area contributed by atoms with Gasteiger partial charge >= 0.3 is 0 Å². The van der Waals surface area contributed by atoms with E-state index in [1.165, 1.54) is 10.9 Å². The Morgan fingerprint density at radius 2 is 1.67 bits per heavy atom. The minimum Gasteiger partial charge on any atom is -0.496 e. The van der Waals surface area contributed by atoms with E-state index in [0.29, 0.717) is 23.6 Å². The maximum Gasteiger partial charge on any atom is 0.258 e. The van der Waals surface area contributed by atoms with Crippen molar-refractivity contribution in [2.24, 2.45) is 0 Å². The first-order valence-corrected chi connectivity index (χ1v) is 8.96. The van der Waals surface area contributed by atoms with Gasteiger partial charge in [-0.05, 0) is 30.7 Å². The fourth-order valence-electron chi connectivity index (χ4n) is 3.70. The van der Waals surface area contributed by atoms with Crippen molar-refractivity contribution in [3.63, 3.8) is 0 Å². The highest BCUT2D eigenvalue weighted by Crippen LogP contribution is 2.33. The van der Waals surface area contributed by atoms with Crippen molar-refractivity contribution < 1.29 is 14.3 Å². The highest BCUT2D eigenvalue weighted by Gasteiger charge is 2.28. The number of methoxy groups -OCH3 is 2. The Morgan fingerprint density at radius 3 is 2.30 bits per heavy atom. The second-order valence-electron chi connectivity index (χ2n) is 7.27. The number of aryl methyl sites for hydroxylation is 1. The predicted molar refractivity (Wildman–Crippen MR) is 108 cm³/mol. The lowest BCUT2D eigenvalue weighted by Crippen LogP contribution is -2.37. The fraction of sp³-hybridized carbons (Fsp3) is 0.318. The van der Waals surface area contributed by atoms with Crippen molar-refractivity contribution in [3.05, 3.63) is 59.3 Å². The summed E-state index contributed by atoms with van der Waals surface area (Å²) < 4.78 is 10.7. The quantitative estimate of drug-likeness (QED) is 0.687. The maximum atomic E-state index is 12.9. The van der Waals surface area contributed by atoms with Crippen LogP contribution in [-0.2, 0) is 5.41 Å². The minimum atomic E-state index is -0.255. The Kier molecular flexibility index (Phi) is 5.13. The molecule has 0 aliphatic rings. The first-order chi connectivity index (χ1) is 12.9. The lowest BCUT2D eigenvalue weighted by molar-refractivity contribution is 0.0939. The van der Waals surface area contributed by atoms with Crippen LogP contribution in [0.3, 0.4) is 0 Å². The fourth-order valence-corrected chi connectivity index (χ4v) is 3.70. The molecule has 2 N–H and O–H groups in total. The highest BCUT2D eigenvalue weighted by atomic mass is 16.5. The zero-order valence-electron chi connectivity index (χ0n) is 16.5. The molecule has 0 atom stereocenters. The lowest BCUT2D eigenvalue weighted by atomic mass is 9.82. The molecule has 0 saturated heterocycles. The van der Waals surface area contributed by atoms with Gasteiger partial charge in [-0.15, -0.1) is 0 Å². The van der Waals surface area contributed by atoms with Crippen LogP contribution in [0.2, 0.25) is 0 Å². The van der Waals surface area contributed by atoms with Crippen molar-refractivity contribution in [1.29, 1.82) is 0 Å². The summed E-state index contributed by atoms with van der Waals surface area (Å²) in [5.74, 6) is 0.774. The number of H-pyrrole nitrogens is 1. The Hall–Kier alpha value is -2.95. The van der Waals surface area contributed by atoms with Crippen molar-refractivity contribution in [1.82, 2.24) is 10.3 Å². The summed E-state index contributed by atoms with van der Waals surface area (Å²) in [4.78, 5) is 16.3. The average molecular weight is 366 g/mol. The largest absolute Gasteiger partial charge is 0.496 e. The average Bonchev–Trinajstić information content (AvgIpc) is 3.01. The van der Waals surface area contributed by atoms with Gasteiger partial charge in [0.1, 0.15) is 17.1 Å². The Labute approximate surface area is 159 Å². The van der Waals surface area contributed by atoms with Gasteiger partial charge in [-0.2, -0.15) is 0 Å². The molecule has 142 valence electrons. The third-order valence-corrected chi connectivity index (χ3v) is 4.92. The van der Waals surface area contributed by atoms with Crippen molar-refractivity contribution in [2.45, 2.75) is 26.2 Å². The van der Waals surface area contributed by atoms with Crippen molar-refractivity contribution >= 4 is 16.8 Å². The summed E-state index contributed by atoms with van der Waals surface area (Å²) in [7, 11) is 3.09. The number of amides is 1. The SMILES string of the molecule is COc1cccc(OC)c1C(=O)NCC(C)(C)c1c(C)[nH]c2ccccc12. The molecule has 0 fully saturated rings. The van der Waals surface area contributed by atoms with E-state index in [1.54, 1.807) is 32.4 Å². The maximum absolute atomic E-state index is 12.9. The number of rotatable bonds is 6. The minimum absolute atomic E-state index is 0.213. The zero-order chi connectivity index (χ0) is 19.6. The summed E-state index contributed by atoms with van der Waals surface area (Å²) >= 11 is 0. The van der Waals surface area contributed by atoms with Crippen molar-refractivity contribution in [3.8, 4) is 11.5 Å². The van der Waals surface area contributed by atoms with Gasteiger partial charge in [0, 0.05) is 28.6 Å². The van der Waals surface area contributed by atoms with E-state index in [9.17, 15) is 4.79 Å². The normalized spacial score (nSPS) is 11.4. The molecule has 0 saturated carbocycles. The van der Waals surface area contributed by atoms with Crippen LogP contribution < -0.4 is 14.8 Å². The molecule has 3 rings (SSSR count). The molecule has 0 spiro atoms. The topological polar surface area (TPSA) is 63.4 Å². The molecule has 0 unspecified atom stereocenters. The molecule has 1 amide bonds. The molecular formula is C22H26N2O3. The number of hydrogen-bond donors (Lipinski definition) is 2. The predicted octanol–water partition coefficient (Wildman–Crippen LogP) is 4.20. The summed E-state index contributed by atoms with van der Waals surface area (Å²) in [6.07, 6.45) is 0. The number of hydrogen-bond acceptors (Lipinski definition) is 3. The number of aromatic amines is 1. The number of para-hydroxylation sites is 1. The van der Waals surface area contributed by atoms with Crippen LogP contribution in [-0.4, -0.2) is 31.7 Å². The molecule has 27 heavy (non-hydrogen) atoms. The summed E-state index contributed by atoms with van der Waals surface area (Å²) in [5.41, 5.74) is 3.59. The second-order valence-corrected chi connectivity index (χ2v) is 7.27. The summed E-state index contributed by atoms with van der Waals surface area (Å²) in [6.45, 7) is 6.82. The Balaban J connectivity index is 1.88. The third kappa shape index (κ3) is 3.50. The van der Waals surface area contributed by atoms with E-state index in [1.807, 2.05) is 12.1 Å². The van der Waals surface area contributed by atoms with Crippen molar-refractivity contribution in [2.75, 3.05) is 20.8 Å². The molecule has 2 aromatic carbocycles. The number of fused-ring (bicyclic) bond motifs is 1. The van der Waals surface area contributed by atoms with Gasteiger partial charge < -0.3 is 19.8 Å². The van der Waals surface area contributed by atoms with Gasteiger partial charge in [0.25, 0.3) is 5.91 Å². The number of aromatic nitrogens is 1. The molecule has 0 aliphatic carbocycles. The van der Waals surface area contributed by atoms with Gasteiger partial charge in [-0.1, -0.05) is 38.1 Å². The van der Waals surface area contributed by atoms with Crippen LogP contribution in [0.15, 0.2) is 42.5 Å². The van der Waals surface area contributed by atoms with E-state index >= 15 is 0 Å². The molecular weight excluding hydrogens is 340 g/mol. The monoisotopic (exact) mass is 366 g/mol. The van der Waals surface area contributed by atoms with Crippen LogP contribution in [0.4, 0.5) is 0 Å². The molecule has 3 aromatic rings. The molecule has 0 bridgehead atoms. The van der Waals surface area contributed by atoms with E-state index in [2.05, 4.69) is 43.2 Å². The molecule has 1 heterocycles. The molecule has 0 aliphatic heterocycles. The smallest absolute Gasteiger partial charge is 0.258 e. The second kappa shape index (κ2) is 7.35. The van der Waals surface area contributed by atoms with E-state index in [4.69, 9.17) is 9.47 Å². The third-order valence-electron chi connectivity index (χ3n) is 4.92. The number of carbonyl (C=O) groups is 1. The van der Waals surface area contributed by atoms with Gasteiger partial charge in [-0.3, -0.25) is 4.79 Å². The van der Waals surface area contributed by atoms with Gasteiger partial charge in [0.05, 0.1) is 14.2 Å². The van der Waals surface area contributed by atoms with Crippen LogP contribution in [0.1, 0.15) is 35.5 Å². The lowest BCUT2D eigenvalue weighted by Gasteiger charge is -2.26. The van der Waals surface area contributed by atoms with Crippen LogP contribution >= 0.6 is 0 Å². The number of ether oxygens (including phenoxy) is 2. The van der Waals surface area contributed by atoms with E-state index < -0.39 is 0 Å². The summed E-state index contributed by atoms with van der Waals surface area (Å²) in [6, 6.07) is 13.5. The standard InChI is InChI=1S/C22H26N2O3/c1-14-20(15-9-6-7-10-16(15)24-14)22(2,3)13-23-21(25)19-17(26-4)11-8-12-18(19)27-5/h6-12,24H,13H2,1-5H3,(H,23,25). The van der Waals surface area contributed by atoms with Crippen LogP contribution in [0, 0.1) is 6.92 Å². The van der Waals surface area contributed by atoms with Crippen LogP contribution in [0.25, 0.3) is 10.9 Å². The molecule has 1 aromatic heterocycles. The molecule has 5 nitrogen and oxygen atoms in total. The van der Waals surface area contributed by atoms with Gasteiger partial charge in [-0.25, -0.2) is 0 Å². The first kappa shape index (κ1) is 18.8. The molecule has 5 heteroatoms. The first-order valence-electron chi connectivity index (χ1n) is 8.96. The van der Waals surface area contributed by atoms with E-state index in [0.717, 1.165) is 11.2 Å². The Morgan fingerprint density at radius 1 is 1.04 bits per heavy atom. The molecule has 0 radical (unpaired) electrons. The van der Waals surface area contributed by atoms with Gasteiger partial charge in [0.15, 0.2) is 0 Å². The summed E-state index contributed by atoms with van der Waals surface area (Å²) in [5, 5.41) is 4.24. The number of benzene rings is 2. The number of nitrogens with one attached hydrogen (secondary N) is 2.